The molecule has 3 N–H and O–H groups in total. The highest BCUT2D eigenvalue weighted by Crippen LogP contribution is 2.61. The molecule has 6 heteroatoms. The van der Waals surface area contributed by atoms with Crippen molar-refractivity contribution in [2.75, 3.05) is 10.6 Å². The predicted molar refractivity (Wildman–Crippen MR) is 160 cm³/mol. The number of hydrogen-bond donors (Lipinski definition) is 3. The first kappa shape index (κ1) is 24.4. The van der Waals surface area contributed by atoms with E-state index >= 15 is 0 Å². The molecule has 1 aromatic heterocycles. The van der Waals surface area contributed by atoms with Crippen LogP contribution in [0.1, 0.15) is 77.0 Å². The number of amides is 2. The Labute approximate surface area is 241 Å². The summed E-state index contributed by atoms with van der Waals surface area (Å²) in [4.78, 5) is 35.3. The quantitative estimate of drug-likeness (QED) is 0.308. The van der Waals surface area contributed by atoms with Crippen molar-refractivity contribution in [1.29, 1.82) is 0 Å². The van der Waals surface area contributed by atoms with Crippen molar-refractivity contribution in [1.82, 2.24) is 9.97 Å². The van der Waals surface area contributed by atoms with Crippen LogP contribution in [0.5, 0.6) is 0 Å². The van der Waals surface area contributed by atoms with Crippen molar-refractivity contribution in [2.24, 2.45) is 46.3 Å². The molecule has 0 spiro atoms. The van der Waals surface area contributed by atoms with E-state index in [1.807, 2.05) is 42.5 Å². The molecule has 8 fully saturated rings. The number of benzene rings is 2. The van der Waals surface area contributed by atoms with Crippen molar-refractivity contribution < 1.29 is 9.59 Å². The zero-order valence-electron chi connectivity index (χ0n) is 23.8. The molecule has 8 aliphatic carbocycles. The molecule has 0 radical (unpaired) electrons. The van der Waals surface area contributed by atoms with Crippen LogP contribution in [0.3, 0.4) is 0 Å². The fourth-order valence-electron chi connectivity index (χ4n) is 11.2. The SMILES string of the molecule is O=C(Nc1ccc(-c2nc3ccc(NC(=O)C45CC6CC(CC(C6)C4)C5)cc3[nH]2)cc1)C12CC3CC(CC(C3)C1)C2. The summed E-state index contributed by atoms with van der Waals surface area (Å²) < 4.78 is 0. The van der Waals surface area contributed by atoms with Crippen LogP contribution in [-0.2, 0) is 9.59 Å². The summed E-state index contributed by atoms with van der Waals surface area (Å²) in [6.07, 6.45) is 14.5. The van der Waals surface area contributed by atoms with Gasteiger partial charge in [0.15, 0.2) is 0 Å². The molecule has 2 aromatic carbocycles. The predicted octanol–water partition coefficient (Wildman–Crippen LogP) is 7.54. The maximum absolute atomic E-state index is 13.5. The van der Waals surface area contributed by atoms with Gasteiger partial charge in [-0.1, -0.05) is 0 Å². The van der Waals surface area contributed by atoms with Crippen LogP contribution in [0.15, 0.2) is 42.5 Å². The van der Waals surface area contributed by atoms with Gasteiger partial charge in [0, 0.05) is 16.9 Å². The summed E-state index contributed by atoms with van der Waals surface area (Å²) in [6.45, 7) is 0. The Bertz CT molecular complexity index is 1480. The average molecular weight is 549 g/mol. The van der Waals surface area contributed by atoms with Crippen LogP contribution in [0, 0.1) is 46.3 Å². The van der Waals surface area contributed by atoms with Crippen LogP contribution in [-0.4, -0.2) is 21.8 Å². The number of nitrogens with one attached hydrogen (secondary N) is 3. The molecule has 0 unspecified atom stereocenters. The van der Waals surface area contributed by atoms with Crippen molar-refractivity contribution in [3.8, 4) is 11.4 Å². The lowest BCUT2D eigenvalue weighted by molar-refractivity contribution is -0.141. The Hall–Kier alpha value is -3.15. The molecule has 1 heterocycles. The summed E-state index contributed by atoms with van der Waals surface area (Å²) in [5, 5.41) is 6.55. The molecule has 3 aromatic rings. The summed E-state index contributed by atoms with van der Waals surface area (Å²) in [5.74, 6) is 5.78. The van der Waals surface area contributed by atoms with E-state index in [1.165, 1.54) is 38.5 Å². The van der Waals surface area contributed by atoms with E-state index in [2.05, 4.69) is 15.6 Å². The first-order chi connectivity index (χ1) is 19.9. The largest absolute Gasteiger partial charge is 0.338 e. The maximum Gasteiger partial charge on any atom is 0.230 e. The van der Waals surface area contributed by atoms with Crippen LogP contribution in [0.25, 0.3) is 22.4 Å². The fourth-order valence-corrected chi connectivity index (χ4v) is 11.2. The maximum atomic E-state index is 13.5. The lowest BCUT2D eigenvalue weighted by atomic mass is 9.49. The molecule has 8 saturated carbocycles. The smallest absolute Gasteiger partial charge is 0.230 e. The number of anilines is 2. The van der Waals surface area contributed by atoms with Gasteiger partial charge >= 0.3 is 0 Å². The fraction of sp³-hybridized carbons (Fsp3) is 0.571. The molecule has 0 aliphatic heterocycles. The van der Waals surface area contributed by atoms with E-state index < -0.39 is 0 Å². The Morgan fingerprint density at radius 3 is 1.56 bits per heavy atom. The van der Waals surface area contributed by atoms with Crippen LogP contribution < -0.4 is 10.6 Å². The zero-order valence-corrected chi connectivity index (χ0v) is 23.8. The second-order valence-corrected chi connectivity index (χ2v) is 15.2. The number of rotatable bonds is 5. The summed E-state index contributed by atoms with van der Waals surface area (Å²) in [6, 6.07) is 14.0. The third kappa shape index (κ3) is 3.99. The van der Waals surface area contributed by atoms with Crippen molar-refractivity contribution in [3.05, 3.63) is 42.5 Å². The number of H-pyrrole nitrogens is 1. The summed E-state index contributed by atoms with van der Waals surface area (Å²) >= 11 is 0. The van der Waals surface area contributed by atoms with E-state index in [4.69, 9.17) is 4.98 Å². The number of fused-ring (bicyclic) bond motifs is 1. The van der Waals surface area contributed by atoms with Gasteiger partial charge in [-0.25, -0.2) is 4.98 Å². The second kappa shape index (κ2) is 8.68. The van der Waals surface area contributed by atoms with E-state index in [9.17, 15) is 9.59 Å². The monoisotopic (exact) mass is 548 g/mol. The molecule has 8 aliphatic rings. The minimum atomic E-state index is -0.157. The highest BCUT2D eigenvalue weighted by molar-refractivity contribution is 5.98. The molecule has 41 heavy (non-hydrogen) atoms. The Balaban J connectivity index is 0.896. The molecular weight excluding hydrogens is 508 g/mol. The van der Waals surface area contributed by atoms with Gasteiger partial charge < -0.3 is 15.6 Å². The van der Waals surface area contributed by atoms with Gasteiger partial charge in [0.2, 0.25) is 11.8 Å². The first-order valence-electron chi connectivity index (χ1n) is 16.1. The molecule has 6 nitrogen and oxygen atoms in total. The van der Waals surface area contributed by atoms with Crippen LogP contribution in [0.2, 0.25) is 0 Å². The molecule has 212 valence electrons. The van der Waals surface area contributed by atoms with Gasteiger partial charge in [-0.05, 0) is 155 Å². The highest BCUT2D eigenvalue weighted by Gasteiger charge is 2.55. The normalized spacial score (nSPS) is 38.0. The lowest BCUT2D eigenvalue weighted by Crippen LogP contribution is -2.51. The number of aromatic nitrogens is 2. The lowest BCUT2D eigenvalue weighted by Gasteiger charge is -2.55. The number of nitrogens with zero attached hydrogens (tertiary/aromatic N) is 1. The molecule has 0 saturated heterocycles. The third-order valence-electron chi connectivity index (χ3n) is 12.2. The topological polar surface area (TPSA) is 86.9 Å². The number of carbonyl (C=O) groups excluding carboxylic acids is 2. The minimum absolute atomic E-state index is 0.144. The Morgan fingerprint density at radius 1 is 0.634 bits per heavy atom. The standard InChI is InChI=1S/C35H40N4O2/c40-32(34-14-20-7-21(15-34)9-22(8-20)16-34)36-27-3-1-26(2-4-27)31-38-29-6-5-28(13-30(29)39-31)37-33(41)35-17-23-10-24(18-35)12-25(11-23)19-35/h1-6,13,20-25H,7-12,14-19H2,(H,36,40)(H,37,41)(H,38,39). The van der Waals surface area contributed by atoms with Gasteiger partial charge in [-0.3, -0.25) is 9.59 Å². The Morgan fingerprint density at radius 2 is 1.07 bits per heavy atom. The van der Waals surface area contributed by atoms with E-state index in [0.29, 0.717) is 0 Å². The van der Waals surface area contributed by atoms with Gasteiger partial charge in [0.1, 0.15) is 5.82 Å². The average Bonchev–Trinajstić information content (AvgIpc) is 3.35. The van der Waals surface area contributed by atoms with E-state index in [1.54, 1.807) is 0 Å². The third-order valence-corrected chi connectivity index (χ3v) is 12.2. The molecule has 0 atom stereocenters. The van der Waals surface area contributed by atoms with Gasteiger partial charge in [-0.2, -0.15) is 0 Å². The van der Waals surface area contributed by atoms with Crippen molar-refractivity contribution in [2.45, 2.75) is 77.0 Å². The zero-order chi connectivity index (χ0) is 27.3. The summed E-state index contributed by atoms with van der Waals surface area (Å²) in [5.41, 5.74) is 4.18. The molecule has 2 amide bonds. The van der Waals surface area contributed by atoms with Gasteiger partial charge in [0.05, 0.1) is 21.9 Å². The first-order valence-corrected chi connectivity index (χ1v) is 16.1. The van der Waals surface area contributed by atoms with Crippen LogP contribution in [0.4, 0.5) is 11.4 Å². The number of aromatic amines is 1. The Kier molecular flexibility index (Phi) is 5.18. The minimum Gasteiger partial charge on any atom is -0.338 e. The highest BCUT2D eigenvalue weighted by atomic mass is 16.2. The molecular formula is C35H40N4O2. The van der Waals surface area contributed by atoms with Crippen molar-refractivity contribution in [3.63, 3.8) is 0 Å². The van der Waals surface area contributed by atoms with Gasteiger partial charge in [-0.15, -0.1) is 0 Å². The number of imidazole rings is 1. The molecule has 8 bridgehead atoms. The molecule has 11 rings (SSSR count). The number of carbonyl (C=O) groups is 2. The second-order valence-electron chi connectivity index (χ2n) is 15.2. The van der Waals surface area contributed by atoms with E-state index in [-0.39, 0.29) is 22.6 Å². The summed E-state index contributed by atoms with van der Waals surface area (Å²) in [7, 11) is 0. The van der Waals surface area contributed by atoms with Crippen LogP contribution >= 0.6 is 0 Å². The van der Waals surface area contributed by atoms with Crippen molar-refractivity contribution >= 4 is 34.2 Å². The number of hydrogen-bond acceptors (Lipinski definition) is 3. The van der Waals surface area contributed by atoms with Gasteiger partial charge in [0.25, 0.3) is 0 Å². The van der Waals surface area contributed by atoms with E-state index in [0.717, 1.165) is 108 Å².